The van der Waals surface area contributed by atoms with Gasteiger partial charge in [0, 0.05) is 45.5 Å². The van der Waals surface area contributed by atoms with E-state index in [0.29, 0.717) is 32.2 Å². The Bertz CT molecular complexity index is 973. The van der Waals surface area contributed by atoms with Gasteiger partial charge in [0.2, 0.25) is 11.8 Å². The molecule has 2 aliphatic heterocycles. The molecule has 8 nitrogen and oxygen atoms in total. The highest BCUT2D eigenvalue weighted by Crippen LogP contribution is 2.44. The Labute approximate surface area is 181 Å². The molecule has 31 heavy (non-hydrogen) atoms. The van der Waals surface area contributed by atoms with Crippen molar-refractivity contribution in [3.05, 3.63) is 54.0 Å². The molecular weight excluding hydrogens is 398 g/mol. The van der Waals surface area contributed by atoms with Crippen LogP contribution < -0.4 is 10.1 Å². The molecule has 1 fully saturated rings. The van der Waals surface area contributed by atoms with Crippen molar-refractivity contribution in [2.45, 2.75) is 37.3 Å². The van der Waals surface area contributed by atoms with Crippen LogP contribution in [0.2, 0.25) is 0 Å². The molecule has 1 N–H and O–H groups in total. The molecule has 1 aromatic carbocycles. The Morgan fingerprint density at radius 2 is 2.03 bits per heavy atom. The minimum atomic E-state index is -0.511. The second-order valence-electron chi connectivity index (χ2n) is 8.35. The van der Waals surface area contributed by atoms with E-state index in [1.807, 2.05) is 31.3 Å². The number of hydrogen-bond acceptors (Lipinski definition) is 5. The number of likely N-dealkylation sites (tertiary alicyclic amines) is 1. The zero-order valence-electron chi connectivity index (χ0n) is 17.8. The molecule has 8 heteroatoms. The van der Waals surface area contributed by atoms with E-state index < -0.39 is 5.60 Å². The first-order valence-electron chi connectivity index (χ1n) is 10.5. The smallest absolute Gasteiger partial charge is 0.289 e. The average Bonchev–Trinajstić information content (AvgIpc) is 3.26. The monoisotopic (exact) mass is 425 g/mol. The molecular formula is C23H27N3O5. The zero-order chi connectivity index (χ0) is 22.0. The topological polar surface area (TPSA) is 92.1 Å². The number of para-hydroxylation sites is 1. The molecule has 0 radical (unpaired) electrons. The van der Waals surface area contributed by atoms with Crippen molar-refractivity contribution in [3.63, 3.8) is 0 Å². The van der Waals surface area contributed by atoms with Crippen molar-refractivity contribution >= 4 is 17.7 Å². The Balaban J connectivity index is 1.49. The van der Waals surface area contributed by atoms with Crippen molar-refractivity contribution in [3.8, 4) is 5.75 Å². The number of amides is 3. The van der Waals surface area contributed by atoms with E-state index in [9.17, 15) is 14.4 Å². The third kappa shape index (κ3) is 4.42. The summed E-state index contributed by atoms with van der Waals surface area (Å²) in [6.07, 6.45) is 3.72. The van der Waals surface area contributed by atoms with Gasteiger partial charge in [0.1, 0.15) is 11.4 Å². The maximum Gasteiger partial charge on any atom is 0.289 e. The van der Waals surface area contributed by atoms with E-state index in [1.165, 1.54) is 11.2 Å². The van der Waals surface area contributed by atoms with Crippen LogP contribution in [0.25, 0.3) is 0 Å². The number of furan rings is 1. The largest absolute Gasteiger partial charge is 0.487 e. The first kappa shape index (κ1) is 21.0. The van der Waals surface area contributed by atoms with E-state index in [1.54, 1.807) is 24.1 Å². The van der Waals surface area contributed by atoms with Crippen LogP contribution in [0, 0.1) is 0 Å². The van der Waals surface area contributed by atoms with Crippen molar-refractivity contribution in [1.29, 1.82) is 0 Å². The van der Waals surface area contributed by atoms with Crippen molar-refractivity contribution in [1.82, 2.24) is 15.1 Å². The lowest BCUT2D eigenvalue weighted by Gasteiger charge is -2.42. The SMILES string of the molecule is CN1CC[C@@]2(CCC1=O)C[C@H](NC(=O)CN(C)C(=O)c1ccco1)c1ccccc1O2. The van der Waals surface area contributed by atoms with Crippen LogP contribution in [-0.4, -0.2) is 60.3 Å². The Morgan fingerprint density at radius 3 is 2.81 bits per heavy atom. The summed E-state index contributed by atoms with van der Waals surface area (Å²) in [4.78, 5) is 40.4. The average molecular weight is 425 g/mol. The van der Waals surface area contributed by atoms with Crippen molar-refractivity contribution in [2.75, 3.05) is 27.2 Å². The van der Waals surface area contributed by atoms with Gasteiger partial charge in [-0.05, 0) is 24.6 Å². The third-order valence-electron chi connectivity index (χ3n) is 6.11. The number of fused-ring (bicyclic) bond motifs is 1. The summed E-state index contributed by atoms with van der Waals surface area (Å²) >= 11 is 0. The quantitative estimate of drug-likeness (QED) is 0.812. The molecule has 3 heterocycles. The van der Waals surface area contributed by atoms with Crippen LogP contribution in [0.5, 0.6) is 5.75 Å². The highest BCUT2D eigenvalue weighted by molar-refractivity contribution is 5.94. The van der Waals surface area contributed by atoms with Crippen LogP contribution in [0.1, 0.15) is 47.8 Å². The molecule has 0 bridgehead atoms. The van der Waals surface area contributed by atoms with Crippen LogP contribution in [-0.2, 0) is 9.59 Å². The maximum absolute atomic E-state index is 12.8. The molecule has 2 atom stereocenters. The van der Waals surface area contributed by atoms with Gasteiger partial charge in [-0.15, -0.1) is 0 Å². The number of nitrogens with one attached hydrogen (secondary N) is 1. The Hall–Kier alpha value is -3.29. The zero-order valence-corrected chi connectivity index (χ0v) is 17.8. The lowest BCUT2D eigenvalue weighted by atomic mass is 9.82. The summed E-state index contributed by atoms with van der Waals surface area (Å²) in [5, 5.41) is 3.08. The van der Waals surface area contributed by atoms with Crippen molar-refractivity contribution in [2.24, 2.45) is 0 Å². The van der Waals surface area contributed by atoms with Gasteiger partial charge in [0.05, 0.1) is 18.8 Å². The Morgan fingerprint density at radius 1 is 1.23 bits per heavy atom. The fourth-order valence-corrected chi connectivity index (χ4v) is 4.32. The molecule has 0 saturated carbocycles. The van der Waals surface area contributed by atoms with Crippen molar-refractivity contribution < 1.29 is 23.5 Å². The van der Waals surface area contributed by atoms with Crippen LogP contribution in [0.15, 0.2) is 47.1 Å². The third-order valence-corrected chi connectivity index (χ3v) is 6.11. The first-order chi connectivity index (χ1) is 14.9. The molecule has 3 amide bonds. The molecule has 1 aromatic heterocycles. The van der Waals surface area contributed by atoms with Gasteiger partial charge < -0.3 is 24.3 Å². The Kier molecular flexibility index (Phi) is 5.71. The molecule has 2 aliphatic rings. The minimum absolute atomic E-state index is 0.0900. The van der Waals surface area contributed by atoms with Gasteiger partial charge in [-0.25, -0.2) is 0 Å². The molecule has 4 rings (SSSR count). The van der Waals surface area contributed by atoms with Gasteiger partial charge >= 0.3 is 0 Å². The summed E-state index contributed by atoms with van der Waals surface area (Å²) in [7, 11) is 3.37. The fraction of sp³-hybridized carbons (Fsp3) is 0.435. The summed E-state index contributed by atoms with van der Waals surface area (Å²) in [6.45, 7) is 0.523. The van der Waals surface area contributed by atoms with E-state index in [-0.39, 0.29) is 36.1 Å². The van der Waals surface area contributed by atoms with Gasteiger partial charge in [0.25, 0.3) is 5.91 Å². The number of hydrogen-bond donors (Lipinski definition) is 1. The summed E-state index contributed by atoms with van der Waals surface area (Å²) in [6, 6.07) is 10.6. The predicted molar refractivity (Wildman–Crippen MR) is 112 cm³/mol. The van der Waals surface area contributed by atoms with E-state index in [2.05, 4.69) is 5.32 Å². The van der Waals surface area contributed by atoms with Gasteiger partial charge in [-0.1, -0.05) is 18.2 Å². The number of likely N-dealkylation sites (N-methyl/N-ethyl adjacent to an activating group) is 1. The minimum Gasteiger partial charge on any atom is -0.487 e. The highest BCUT2D eigenvalue weighted by atomic mass is 16.5. The van der Waals surface area contributed by atoms with Crippen LogP contribution in [0.4, 0.5) is 0 Å². The lowest BCUT2D eigenvalue weighted by Crippen LogP contribution is -2.47. The maximum atomic E-state index is 12.8. The van der Waals surface area contributed by atoms with E-state index >= 15 is 0 Å². The standard InChI is InChI=1S/C23H27N3O5/c1-25-12-11-23(10-9-21(25)28)14-17(16-6-3-4-7-18(16)31-23)24-20(27)15-26(2)22(29)19-8-5-13-30-19/h3-8,13,17H,9-12,14-15H2,1-2H3,(H,24,27)/t17-,23-/m0/s1. The molecule has 2 aromatic rings. The second kappa shape index (κ2) is 8.45. The highest BCUT2D eigenvalue weighted by Gasteiger charge is 2.43. The van der Waals surface area contributed by atoms with Crippen LogP contribution >= 0.6 is 0 Å². The summed E-state index contributed by atoms with van der Waals surface area (Å²) < 4.78 is 11.5. The van der Waals surface area contributed by atoms with Crippen LogP contribution in [0.3, 0.4) is 0 Å². The normalized spacial score (nSPS) is 23.0. The summed E-state index contributed by atoms with van der Waals surface area (Å²) in [5.74, 6) is 0.419. The van der Waals surface area contributed by atoms with Gasteiger partial charge in [0.15, 0.2) is 5.76 Å². The number of ether oxygens (including phenoxy) is 1. The fourth-order valence-electron chi connectivity index (χ4n) is 4.32. The molecule has 1 saturated heterocycles. The molecule has 0 unspecified atom stereocenters. The summed E-state index contributed by atoms with van der Waals surface area (Å²) in [5.41, 5.74) is 0.396. The van der Waals surface area contributed by atoms with E-state index in [0.717, 1.165) is 11.3 Å². The second-order valence-corrected chi connectivity index (χ2v) is 8.35. The molecule has 0 aliphatic carbocycles. The predicted octanol–water partition coefficient (Wildman–Crippen LogP) is 2.37. The number of benzene rings is 1. The van der Waals surface area contributed by atoms with Gasteiger partial charge in [-0.2, -0.15) is 0 Å². The number of carbonyl (C=O) groups excluding carboxylic acids is 3. The molecule has 164 valence electrons. The van der Waals surface area contributed by atoms with Gasteiger partial charge in [-0.3, -0.25) is 14.4 Å². The number of carbonyl (C=O) groups is 3. The number of rotatable bonds is 4. The lowest BCUT2D eigenvalue weighted by molar-refractivity contribution is -0.129. The molecule has 1 spiro atoms. The van der Waals surface area contributed by atoms with E-state index in [4.69, 9.17) is 9.15 Å². The number of nitrogens with zero attached hydrogens (tertiary/aromatic N) is 2. The first-order valence-corrected chi connectivity index (χ1v) is 10.5.